The summed E-state index contributed by atoms with van der Waals surface area (Å²) in [6.45, 7) is 4.44. The van der Waals surface area contributed by atoms with Crippen molar-refractivity contribution in [1.29, 1.82) is 0 Å². The highest BCUT2D eigenvalue weighted by Crippen LogP contribution is 2.22. The van der Waals surface area contributed by atoms with Gasteiger partial charge in [0.15, 0.2) is 0 Å². The van der Waals surface area contributed by atoms with Crippen LogP contribution in [0.15, 0.2) is 30.9 Å². The summed E-state index contributed by atoms with van der Waals surface area (Å²) >= 11 is 1.59. The number of thiazole rings is 1. The van der Waals surface area contributed by atoms with Crippen LogP contribution in [0, 0.1) is 6.92 Å². The summed E-state index contributed by atoms with van der Waals surface area (Å²) in [7, 11) is 0. The number of rotatable bonds is 4. The Morgan fingerprint density at radius 2 is 2.33 bits per heavy atom. The first-order valence-corrected chi connectivity index (χ1v) is 7.44. The molecule has 6 nitrogen and oxygen atoms in total. The molecule has 1 N–H and O–H groups in total. The molecule has 1 aromatic carbocycles. The quantitative estimate of drug-likeness (QED) is 0.801. The van der Waals surface area contributed by atoms with Crippen molar-refractivity contribution in [3.05, 3.63) is 41.4 Å². The third-order valence-corrected chi connectivity index (χ3v) is 4.14. The van der Waals surface area contributed by atoms with Crippen LogP contribution in [0.3, 0.4) is 0 Å². The summed E-state index contributed by atoms with van der Waals surface area (Å²) in [6.07, 6.45) is 3.13. The van der Waals surface area contributed by atoms with E-state index >= 15 is 0 Å². The van der Waals surface area contributed by atoms with Crippen molar-refractivity contribution in [1.82, 2.24) is 25.1 Å². The van der Waals surface area contributed by atoms with Crippen LogP contribution < -0.4 is 5.32 Å². The molecule has 0 saturated heterocycles. The van der Waals surface area contributed by atoms with Gasteiger partial charge in [-0.2, -0.15) is 5.10 Å². The molecule has 0 saturated carbocycles. The van der Waals surface area contributed by atoms with E-state index in [1.54, 1.807) is 28.4 Å². The summed E-state index contributed by atoms with van der Waals surface area (Å²) < 4.78 is 2.75. The van der Waals surface area contributed by atoms with Crippen LogP contribution in [0.1, 0.15) is 28.3 Å². The Morgan fingerprint density at radius 3 is 3.10 bits per heavy atom. The topological polar surface area (TPSA) is 72.7 Å². The molecular weight excluding hydrogens is 286 g/mol. The van der Waals surface area contributed by atoms with Crippen molar-refractivity contribution in [3.63, 3.8) is 0 Å². The monoisotopic (exact) mass is 301 g/mol. The molecule has 1 unspecified atom stereocenters. The van der Waals surface area contributed by atoms with Gasteiger partial charge in [0.05, 0.1) is 21.3 Å². The number of carbonyl (C=O) groups is 1. The standard InChI is InChI=1S/C14H15N5OS/c1-9(19-8-15-7-17-19)6-16-14(20)11-3-4-12-13(5-11)21-10(2)18-12/h3-5,7-9H,6H2,1-2H3,(H,16,20). The molecule has 0 aliphatic rings. The number of aryl methyl sites for hydroxylation is 1. The van der Waals surface area contributed by atoms with Gasteiger partial charge < -0.3 is 5.32 Å². The van der Waals surface area contributed by atoms with Gasteiger partial charge >= 0.3 is 0 Å². The molecule has 0 aliphatic carbocycles. The summed E-state index contributed by atoms with van der Waals surface area (Å²) in [4.78, 5) is 20.5. The fraction of sp³-hybridized carbons (Fsp3) is 0.286. The number of hydrogen-bond donors (Lipinski definition) is 1. The number of hydrogen-bond acceptors (Lipinski definition) is 5. The van der Waals surface area contributed by atoms with Crippen LogP contribution in [0.25, 0.3) is 10.2 Å². The van der Waals surface area contributed by atoms with Crippen LogP contribution in [0.5, 0.6) is 0 Å². The van der Waals surface area contributed by atoms with E-state index in [1.807, 2.05) is 26.0 Å². The zero-order chi connectivity index (χ0) is 14.8. The Bertz CT molecular complexity index is 765. The summed E-state index contributed by atoms with van der Waals surface area (Å²) in [5.41, 5.74) is 1.59. The highest BCUT2D eigenvalue weighted by atomic mass is 32.1. The van der Waals surface area contributed by atoms with E-state index in [4.69, 9.17) is 0 Å². The highest BCUT2D eigenvalue weighted by Gasteiger charge is 2.11. The molecule has 2 heterocycles. The lowest BCUT2D eigenvalue weighted by Gasteiger charge is -2.12. The fourth-order valence-electron chi connectivity index (χ4n) is 2.06. The molecular formula is C14H15N5OS. The summed E-state index contributed by atoms with van der Waals surface area (Å²) in [5.74, 6) is -0.0880. The third-order valence-electron chi connectivity index (χ3n) is 3.20. The largest absolute Gasteiger partial charge is 0.350 e. The molecule has 7 heteroatoms. The summed E-state index contributed by atoms with van der Waals surface area (Å²) in [6, 6.07) is 5.63. The molecule has 0 fully saturated rings. The van der Waals surface area contributed by atoms with Gasteiger partial charge in [-0.15, -0.1) is 11.3 Å². The lowest BCUT2D eigenvalue weighted by Crippen LogP contribution is -2.29. The second kappa shape index (κ2) is 5.61. The van der Waals surface area contributed by atoms with Gasteiger partial charge in [0.25, 0.3) is 5.91 Å². The number of carbonyl (C=O) groups excluding carboxylic acids is 1. The predicted octanol–water partition coefficient (Wildman–Crippen LogP) is 2.19. The van der Waals surface area contributed by atoms with Gasteiger partial charge in [-0.05, 0) is 32.0 Å². The third kappa shape index (κ3) is 2.92. The summed E-state index contributed by atoms with van der Waals surface area (Å²) in [5, 5.41) is 7.98. The van der Waals surface area contributed by atoms with Gasteiger partial charge in [0.2, 0.25) is 0 Å². The van der Waals surface area contributed by atoms with E-state index in [0.717, 1.165) is 15.2 Å². The lowest BCUT2D eigenvalue weighted by atomic mass is 10.2. The Morgan fingerprint density at radius 1 is 1.48 bits per heavy atom. The number of aromatic nitrogens is 4. The van der Waals surface area contributed by atoms with Crippen LogP contribution in [-0.2, 0) is 0 Å². The number of nitrogens with one attached hydrogen (secondary N) is 1. The molecule has 0 bridgehead atoms. The Labute approximate surface area is 125 Å². The van der Waals surface area contributed by atoms with Gasteiger partial charge in [0, 0.05) is 12.1 Å². The van der Waals surface area contributed by atoms with Gasteiger partial charge in [0.1, 0.15) is 12.7 Å². The van der Waals surface area contributed by atoms with Gasteiger partial charge in [-0.3, -0.25) is 4.79 Å². The van der Waals surface area contributed by atoms with Crippen LogP contribution in [-0.4, -0.2) is 32.2 Å². The first kappa shape index (κ1) is 13.7. The van der Waals surface area contributed by atoms with E-state index in [1.165, 1.54) is 6.33 Å². The molecule has 1 amide bonds. The molecule has 1 atom stereocenters. The first-order chi connectivity index (χ1) is 10.1. The zero-order valence-electron chi connectivity index (χ0n) is 11.8. The van der Waals surface area contributed by atoms with Crippen molar-refractivity contribution < 1.29 is 4.79 Å². The number of nitrogens with zero attached hydrogens (tertiary/aromatic N) is 4. The minimum atomic E-state index is -0.0880. The Balaban J connectivity index is 1.69. The highest BCUT2D eigenvalue weighted by molar-refractivity contribution is 7.18. The van der Waals surface area contributed by atoms with E-state index in [-0.39, 0.29) is 11.9 Å². The molecule has 0 aliphatic heterocycles. The average Bonchev–Trinajstić information content (AvgIpc) is 3.11. The zero-order valence-corrected chi connectivity index (χ0v) is 12.6. The smallest absolute Gasteiger partial charge is 0.251 e. The van der Waals surface area contributed by atoms with Crippen LogP contribution in [0.2, 0.25) is 0 Å². The maximum Gasteiger partial charge on any atom is 0.251 e. The average molecular weight is 301 g/mol. The number of amides is 1. The molecule has 0 spiro atoms. The second-order valence-electron chi connectivity index (χ2n) is 4.85. The van der Waals surface area contributed by atoms with E-state index in [2.05, 4.69) is 20.4 Å². The van der Waals surface area contributed by atoms with E-state index in [0.29, 0.717) is 12.1 Å². The van der Waals surface area contributed by atoms with Crippen molar-refractivity contribution in [2.75, 3.05) is 6.54 Å². The van der Waals surface area contributed by atoms with E-state index < -0.39 is 0 Å². The first-order valence-electron chi connectivity index (χ1n) is 6.63. The molecule has 0 radical (unpaired) electrons. The molecule has 2 aromatic heterocycles. The SMILES string of the molecule is Cc1nc2ccc(C(=O)NCC(C)n3cncn3)cc2s1. The van der Waals surface area contributed by atoms with Crippen molar-refractivity contribution in [3.8, 4) is 0 Å². The number of fused-ring (bicyclic) bond motifs is 1. The van der Waals surface area contributed by atoms with Gasteiger partial charge in [-0.1, -0.05) is 0 Å². The molecule has 108 valence electrons. The second-order valence-corrected chi connectivity index (χ2v) is 6.08. The van der Waals surface area contributed by atoms with Crippen molar-refractivity contribution >= 4 is 27.5 Å². The van der Waals surface area contributed by atoms with Gasteiger partial charge in [-0.25, -0.2) is 14.6 Å². The maximum absolute atomic E-state index is 12.2. The van der Waals surface area contributed by atoms with Crippen molar-refractivity contribution in [2.45, 2.75) is 19.9 Å². The Hall–Kier alpha value is -2.28. The lowest BCUT2D eigenvalue weighted by molar-refractivity contribution is 0.0948. The normalized spacial score (nSPS) is 12.5. The minimum absolute atomic E-state index is 0.0610. The van der Waals surface area contributed by atoms with Crippen molar-refractivity contribution in [2.24, 2.45) is 0 Å². The van der Waals surface area contributed by atoms with Crippen LogP contribution >= 0.6 is 11.3 Å². The molecule has 3 aromatic rings. The van der Waals surface area contributed by atoms with E-state index in [9.17, 15) is 4.79 Å². The molecule has 21 heavy (non-hydrogen) atoms. The number of benzene rings is 1. The predicted molar refractivity (Wildman–Crippen MR) is 81.4 cm³/mol. The fourth-order valence-corrected chi connectivity index (χ4v) is 2.93. The Kier molecular flexibility index (Phi) is 3.66. The van der Waals surface area contributed by atoms with Crippen LogP contribution in [0.4, 0.5) is 0 Å². The molecule has 3 rings (SSSR count). The maximum atomic E-state index is 12.2. The minimum Gasteiger partial charge on any atom is -0.350 e.